The van der Waals surface area contributed by atoms with Gasteiger partial charge in [0, 0.05) is 5.69 Å². The van der Waals surface area contributed by atoms with Gasteiger partial charge in [-0.3, -0.25) is 0 Å². The lowest BCUT2D eigenvalue weighted by Gasteiger charge is -2.09. The van der Waals surface area contributed by atoms with Crippen LogP contribution < -0.4 is 10.5 Å². The number of rotatable bonds is 5. The molecule has 0 unspecified atom stereocenters. The third-order valence-corrected chi connectivity index (χ3v) is 3.75. The maximum absolute atomic E-state index is 12.2. The average Bonchev–Trinajstić information content (AvgIpc) is 3.15. The minimum atomic E-state index is -4.75. The smallest absolute Gasteiger partial charge is 0.465 e. The van der Waals surface area contributed by atoms with E-state index in [1.807, 2.05) is 0 Å². The number of nitrogens with zero attached hydrogens (tertiary/aromatic N) is 3. The minimum absolute atomic E-state index is 0.245. The summed E-state index contributed by atoms with van der Waals surface area (Å²) in [4.78, 5) is 15.8. The van der Waals surface area contributed by atoms with Crippen LogP contribution in [0.1, 0.15) is 21.7 Å². The number of nitrogen functional groups attached to an aromatic ring is 1. The van der Waals surface area contributed by atoms with Crippen LogP contribution >= 0.6 is 0 Å². The largest absolute Gasteiger partial charge is 0.573 e. The Labute approximate surface area is 163 Å². The number of carbonyl (C=O) groups is 1. The van der Waals surface area contributed by atoms with Crippen molar-refractivity contribution in [3.63, 3.8) is 0 Å². The summed E-state index contributed by atoms with van der Waals surface area (Å²) in [5.74, 6) is -0.513. The monoisotopic (exact) mass is 404 g/mol. The first-order valence-electron chi connectivity index (χ1n) is 8.19. The minimum Gasteiger partial charge on any atom is -0.465 e. The predicted octanol–water partition coefficient (Wildman–Crippen LogP) is 3.71. The highest BCUT2D eigenvalue weighted by Crippen LogP contribution is 2.23. The Morgan fingerprint density at radius 3 is 2.52 bits per heavy atom. The second-order valence-corrected chi connectivity index (χ2v) is 5.76. The van der Waals surface area contributed by atoms with Crippen molar-refractivity contribution in [2.24, 2.45) is 0 Å². The first kappa shape index (κ1) is 19.9. The first-order chi connectivity index (χ1) is 13.7. The molecule has 1 aromatic heterocycles. The molecule has 3 aromatic rings. The molecule has 2 N–H and O–H groups in total. The van der Waals surface area contributed by atoms with Crippen molar-refractivity contribution in [3.05, 3.63) is 65.7 Å². The number of aromatic nitrogens is 3. The molecule has 0 spiro atoms. The van der Waals surface area contributed by atoms with Crippen LogP contribution in [-0.2, 0) is 4.74 Å². The van der Waals surface area contributed by atoms with Crippen molar-refractivity contribution in [1.29, 1.82) is 0 Å². The molecule has 3 rings (SSSR count). The molecule has 0 bridgehead atoms. The van der Waals surface area contributed by atoms with Crippen LogP contribution in [0.2, 0.25) is 0 Å². The summed E-state index contributed by atoms with van der Waals surface area (Å²) in [5, 5.41) is 4.23. The van der Waals surface area contributed by atoms with E-state index >= 15 is 0 Å². The highest BCUT2D eigenvalue weighted by atomic mass is 19.4. The fourth-order valence-corrected chi connectivity index (χ4v) is 2.41. The number of hydrogen-bond donors (Lipinski definition) is 1. The highest BCUT2D eigenvalue weighted by molar-refractivity contribution is 5.95. The van der Waals surface area contributed by atoms with E-state index in [4.69, 9.17) is 5.73 Å². The Balaban J connectivity index is 1.74. The lowest BCUT2D eigenvalue weighted by molar-refractivity contribution is -0.274. The Kier molecular flexibility index (Phi) is 5.53. The summed E-state index contributed by atoms with van der Waals surface area (Å²) in [5.41, 5.74) is 7.50. The van der Waals surface area contributed by atoms with Gasteiger partial charge in [0.25, 0.3) is 0 Å². The number of ether oxygens (including phenoxy) is 2. The molecule has 29 heavy (non-hydrogen) atoms. The van der Waals surface area contributed by atoms with Gasteiger partial charge in [-0.05, 0) is 48.0 Å². The van der Waals surface area contributed by atoms with E-state index < -0.39 is 12.3 Å². The normalized spacial score (nSPS) is 11.6. The fraction of sp³-hybridized carbons (Fsp3) is 0.105. The zero-order chi connectivity index (χ0) is 21.0. The van der Waals surface area contributed by atoms with E-state index in [0.717, 1.165) is 0 Å². The molecular weight excluding hydrogens is 389 g/mol. The third kappa shape index (κ3) is 5.12. The Hall–Kier alpha value is -3.82. The topological polar surface area (TPSA) is 92.3 Å². The SMILES string of the molecule is COC(=O)c1cc(/C=C/c2ncn(-c3ccc(OC(F)(F)F)cc3)n2)ccc1N. The van der Waals surface area contributed by atoms with E-state index in [9.17, 15) is 18.0 Å². The third-order valence-electron chi connectivity index (χ3n) is 3.75. The summed E-state index contributed by atoms with van der Waals surface area (Å²) < 4.78 is 46.6. The zero-order valence-corrected chi connectivity index (χ0v) is 15.1. The van der Waals surface area contributed by atoms with Gasteiger partial charge in [0.15, 0.2) is 5.82 Å². The molecule has 150 valence electrons. The molecule has 1 heterocycles. The van der Waals surface area contributed by atoms with Gasteiger partial charge >= 0.3 is 12.3 Å². The number of nitrogens with two attached hydrogens (primary N) is 1. The van der Waals surface area contributed by atoms with Crippen LogP contribution in [0, 0.1) is 0 Å². The van der Waals surface area contributed by atoms with Crippen molar-refractivity contribution >= 4 is 23.8 Å². The summed E-state index contributed by atoms with van der Waals surface area (Å²) >= 11 is 0. The molecule has 10 heteroatoms. The van der Waals surface area contributed by atoms with Crippen molar-refractivity contribution in [3.8, 4) is 11.4 Å². The van der Waals surface area contributed by atoms with Gasteiger partial charge in [0.05, 0.1) is 18.4 Å². The number of halogens is 3. The van der Waals surface area contributed by atoms with Gasteiger partial charge in [-0.25, -0.2) is 14.5 Å². The zero-order valence-electron chi connectivity index (χ0n) is 15.1. The van der Waals surface area contributed by atoms with Crippen LogP contribution in [0.5, 0.6) is 5.75 Å². The van der Waals surface area contributed by atoms with Crippen molar-refractivity contribution < 1.29 is 27.4 Å². The van der Waals surface area contributed by atoms with Crippen LogP contribution in [0.4, 0.5) is 18.9 Å². The maximum atomic E-state index is 12.2. The molecule has 0 amide bonds. The Bertz CT molecular complexity index is 1040. The number of anilines is 1. The number of carbonyl (C=O) groups excluding carboxylic acids is 1. The van der Waals surface area contributed by atoms with Gasteiger partial charge in [-0.1, -0.05) is 12.1 Å². The molecule has 0 aliphatic rings. The van der Waals surface area contributed by atoms with Crippen molar-refractivity contribution in [2.75, 3.05) is 12.8 Å². The average molecular weight is 404 g/mol. The van der Waals surface area contributed by atoms with E-state index in [2.05, 4.69) is 19.6 Å². The van der Waals surface area contributed by atoms with Crippen LogP contribution in [0.3, 0.4) is 0 Å². The number of hydrogen-bond acceptors (Lipinski definition) is 6. The van der Waals surface area contributed by atoms with Crippen molar-refractivity contribution in [1.82, 2.24) is 14.8 Å². The fourth-order valence-electron chi connectivity index (χ4n) is 2.41. The lowest BCUT2D eigenvalue weighted by Crippen LogP contribution is -2.17. The molecule has 0 fully saturated rings. The molecule has 0 atom stereocenters. The summed E-state index contributed by atoms with van der Waals surface area (Å²) in [6.45, 7) is 0. The van der Waals surface area contributed by atoms with Crippen LogP contribution in [-0.4, -0.2) is 34.2 Å². The van der Waals surface area contributed by atoms with E-state index in [1.54, 1.807) is 30.4 Å². The van der Waals surface area contributed by atoms with Gasteiger partial charge in [-0.2, -0.15) is 0 Å². The van der Waals surface area contributed by atoms with E-state index in [1.165, 1.54) is 42.4 Å². The molecule has 0 radical (unpaired) electrons. The molecule has 0 saturated carbocycles. The quantitative estimate of drug-likeness (QED) is 0.515. The lowest BCUT2D eigenvalue weighted by atomic mass is 10.1. The second-order valence-electron chi connectivity index (χ2n) is 5.76. The molecule has 0 saturated heterocycles. The first-order valence-corrected chi connectivity index (χ1v) is 8.19. The van der Waals surface area contributed by atoms with E-state index in [0.29, 0.717) is 22.8 Å². The molecular formula is C19H15F3N4O3. The Morgan fingerprint density at radius 1 is 1.14 bits per heavy atom. The van der Waals surface area contributed by atoms with Gasteiger partial charge in [0.2, 0.25) is 0 Å². The second kappa shape index (κ2) is 8.05. The number of esters is 1. The molecule has 0 aliphatic heterocycles. The number of alkyl halides is 3. The van der Waals surface area contributed by atoms with Crippen LogP contribution in [0.25, 0.3) is 17.8 Å². The molecule has 0 aliphatic carbocycles. The summed E-state index contributed by atoms with van der Waals surface area (Å²) in [6.07, 6.45) is -0.0270. The van der Waals surface area contributed by atoms with E-state index in [-0.39, 0.29) is 11.3 Å². The van der Waals surface area contributed by atoms with Gasteiger partial charge in [0.1, 0.15) is 12.1 Å². The van der Waals surface area contributed by atoms with Gasteiger partial charge < -0.3 is 15.2 Å². The standard InChI is InChI=1S/C19H15F3N4O3/c1-28-18(27)15-10-12(2-8-16(15)23)3-9-17-24-11-26(25-17)13-4-6-14(7-5-13)29-19(20,21)22/h2-11H,23H2,1H3/b9-3+. The highest BCUT2D eigenvalue weighted by Gasteiger charge is 2.30. The Morgan fingerprint density at radius 2 is 1.86 bits per heavy atom. The summed E-state index contributed by atoms with van der Waals surface area (Å²) in [6, 6.07) is 10.1. The van der Waals surface area contributed by atoms with Crippen LogP contribution in [0.15, 0.2) is 48.8 Å². The maximum Gasteiger partial charge on any atom is 0.573 e. The van der Waals surface area contributed by atoms with Gasteiger partial charge in [-0.15, -0.1) is 18.3 Å². The molecule has 7 nitrogen and oxygen atoms in total. The number of methoxy groups -OCH3 is 1. The molecule has 2 aromatic carbocycles. The summed E-state index contributed by atoms with van der Waals surface area (Å²) in [7, 11) is 1.27. The number of benzene rings is 2. The van der Waals surface area contributed by atoms with Crippen molar-refractivity contribution in [2.45, 2.75) is 6.36 Å². The predicted molar refractivity (Wildman–Crippen MR) is 99.2 cm³/mol.